The summed E-state index contributed by atoms with van der Waals surface area (Å²) < 4.78 is 5.79. The first-order valence-electron chi connectivity index (χ1n) is 7.34. The van der Waals surface area contributed by atoms with Crippen molar-refractivity contribution in [3.63, 3.8) is 0 Å². The Morgan fingerprint density at radius 1 is 1.32 bits per heavy atom. The Bertz CT molecular complexity index is 628. The zero-order valence-corrected chi connectivity index (χ0v) is 12.5. The lowest BCUT2D eigenvalue weighted by molar-refractivity contribution is -0.0208. The molecule has 1 unspecified atom stereocenters. The Morgan fingerprint density at radius 2 is 2.14 bits per heavy atom. The number of anilines is 1. The first kappa shape index (κ1) is 14.7. The SMILES string of the molecule is CN1CCOC(c2ccc(NC(=O)c3cccnc3)cc2)C1. The maximum atomic E-state index is 12.1. The lowest BCUT2D eigenvalue weighted by atomic mass is 10.1. The summed E-state index contributed by atoms with van der Waals surface area (Å²) in [7, 11) is 2.10. The van der Waals surface area contributed by atoms with E-state index < -0.39 is 0 Å². The normalized spacial score (nSPS) is 18.9. The van der Waals surface area contributed by atoms with Crippen LogP contribution in [0.4, 0.5) is 5.69 Å². The van der Waals surface area contributed by atoms with Crippen LogP contribution >= 0.6 is 0 Å². The average Bonchev–Trinajstić information content (AvgIpc) is 2.56. The van der Waals surface area contributed by atoms with Gasteiger partial charge in [0.05, 0.1) is 18.3 Å². The molecule has 1 atom stereocenters. The number of hydrogen-bond acceptors (Lipinski definition) is 4. The van der Waals surface area contributed by atoms with E-state index >= 15 is 0 Å². The highest BCUT2D eigenvalue weighted by Gasteiger charge is 2.19. The van der Waals surface area contributed by atoms with Crippen LogP contribution in [-0.2, 0) is 4.74 Å². The number of ether oxygens (including phenoxy) is 1. The highest BCUT2D eigenvalue weighted by Crippen LogP contribution is 2.23. The Morgan fingerprint density at radius 3 is 2.82 bits per heavy atom. The van der Waals surface area contributed by atoms with Crippen LogP contribution in [0, 0.1) is 0 Å². The fourth-order valence-corrected chi connectivity index (χ4v) is 2.46. The number of carbonyl (C=O) groups excluding carboxylic acids is 1. The lowest BCUT2D eigenvalue weighted by Gasteiger charge is -2.30. The van der Waals surface area contributed by atoms with Crippen molar-refractivity contribution in [2.24, 2.45) is 0 Å². The second kappa shape index (κ2) is 6.68. The maximum absolute atomic E-state index is 12.1. The molecule has 3 rings (SSSR count). The summed E-state index contributed by atoms with van der Waals surface area (Å²) in [4.78, 5) is 18.3. The van der Waals surface area contributed by atoms with Gasteiger partial charge >= 0.3 is 0 Å². The van der Waals surface area contributed by atoms with Crippen LogP contribution in [-0.4, -0.2) is 42.5 Å². The average molecular weight is 297 g/mol. The molecule has 0 aliphatic carbocycles. The summed E-state index contributed by atoms with van der Waals surface area (Å²) in [6.45, 7) is 2.61. The van der Waals surface area contributed by atoms with E-state index in [1.807, 2.05) is 24.3 Å². The first-order valence-corrected chi connectivity index (χ1v) is 7.34. The minimum atomic E-state index is -0.158. The van der Waals surface area contributed by atoms with E-state index in [9.17, 15) is 4.79 Å². The monoisotopic (exact) mass is 297 g/mol. The van der Waals surface area contributed by atoms with Gasteiger partial charge in [-0.15, -0.1) is 0 Å². The molecule has 1 amide bonds. The third-order valence-electron chi connectivity index (χ3n) is 3.73. The summed E-state index contributed by atoms with van der Waals surface area (Å²) in [6, 6.07) is 11.3. The number of rotatable bonds is 3. The fraction of sp³-hybridized carbons (Fsp3) is 0.294. The van der Waals surface area contributed by atoms with E-state index in [1.54, 1.807) is 24.5 Å². The topological polar surface area (TPSA) is 54.5 Å². The van der Waals surface area contributed by atoms with Crippen molar-refractivity contribution < 1.29 is 9.53 Å². The molecule has 1 fully saturated rings. The van der Waals surface area contributed by atoms with Gasteiger partial charge in [0.25, 0.3) is 5.91 Å². The molecule has 1 N–H and O–H groups in total. The third kappa shape index (κ3) is 3.50. The summed E-state index contributed by atoms with van der Waals surface area (Å²) in [6.07, 6.45) is 3.30. The number of amides is 1. The van der Waals surface area contributed by atoms with Gasteiger partial charge in [-0.2, -0.15) is 0 Å². The van der Waals surface area contributed by atoms with E-state index in [2.05, 4.69) is 22.2 Å². The van der Waals surface area contributed by atoms with Crippen LogP contribution in [0.1, 0.15) is 22.0 Å². The molecule has 2 aromatic rings. The van der Waals surface area contributed by atoms with Crippen LogP contribution < -0.4 is 5.32 Å². The number of carbonyl (C=O) groups is 1. The molecule has 1 aliphatic heterocycles. The highest BCUT2D eigenvalue weighted by molar-refractivity contribution is 6.03. The van der Waals surface area contributed by atoms with Gasteiger partial charge in [0, 0.05) is 31.2 Å². The van der Waals surface area contributed by atoms with Gasteiger partial charge in [0.2, 0.25) is 0 Å². The molecule has 0 spiro atoms. The Kier molecular flexibility index (Phi) is 4.46. The summed E-state index contributed by atoms with van der Waals surface area (Å²) in [5.74, 6) is -0.158. The minimum Gasteiger partial charge on any atom is -0.371 e. The number of hydrogen-bond donors (Lipinski definition) is 1. The zero-order valence-electron chi connectivity index (χ0n) is 12.5. The second-order valence-corrected chi connectivity index (χ2v) is 5.44. The van der Waals surface area contributed by atoms with Gasteiger partial charge in [0.15, 0.2) is 0 Å². The van der Waals surface area contributed by atoms with Crippen LogP contribution in [0.5, 0.6) is 0 Å². The second-order valence-electron chi connectivity index (χ2n) is 5.44. The maximum Gasteiger partial charge on any atom is 0.257 e. The Balaban J connectivity index is 1.65. The third-order valence-corrected chi connectivity index (χ3v) is 3.73. The van der Waals surface area contributed by atoms with Gasteiger partial charge in [-0.1, -0.05) is 12.1 Å². The quantitative estimate of drug-likeness (QED) is 0.945. The van der Waals surface area contributed by atoms with E-state index in [0.717, 1.165) is 30.9 Å². The van der Waals surface area contributed by atoms with Crippen molar-refractivity contribution in [1.82, 2.24) is 9.88 Å². The molecule has 1 aromatic carbocycles. The van der Waals surface area contributed by atoms with Crippen molar-refractivity contribution in [2.75, 3.05) is 32.1 Å². The number of nitrogens with zero attached hydrogens (tertiary/aromatic N) is 2. The minimum absolute atomic E-state index is 0.0989. The smallest absolute Gasteiger partial charge is 0.257 e. The molecule has 114 valence electrons. The Hall–Kier alpha value is -2.24. The van der Waals surface area contributed by atoms with Gasteiger partial charge in [0.1, 0.15) is 0 Å². The van der Waals surface area contributed by atoms with Crippen molar-refractivity contribution in [3.05, 3.63) is 59.9 Å². The van der Waals surface area contributed by atoms with Gasteiger partial charge < -0.3 is 15.0 Å². The lowest BCUT2D eigenvalue weighted by Crippen LogP contribution is -2.35. The summed E-state index contributed by atoms with van der Waals surface area (Å²) in [5, 5.41) is 2.87. The molecule has 1 saturated heterocycles. The first-order chi connectivity index (χ1) is 10.7. The molecule has 2 heterocycles. The largest absolute Gasteiger partial charge is 0.371 e. The van der Waals surface area contributed by atoms with Crippen molar-refractivity contribution in [3.8, 4) is 0 Å². The predicted octanol–water partition coefficient (Wildman–Crippen LogP) is 2.34. The summed E-state index contributed by atoms with van der Waals surface area (Å²) >= 11 is 0. The number of morpholine rings is 1. The van der Waals surface area contributed by atoms with Crippen LogP contribution in [0.2, 0.25) is 0 Å². The van der Waals surface area contributed by atoms with Crippen molar-refractivity contribution in [1.29, 1.82) is 0 Å². The number of nitrogens with one attached hydrogen (secondary N) is 1. The number of benzene rings is 1. The molecule has 22 heavy (non-hydrogen) atoms. The van der Waals surface area contributed by atoms with Crippen LogP contribution in [0.25, 0.3) is 0 Å². The molecule has 0 saturated carbocycles. The predicted molar refractivity (Wildman–Crippen MR) is 84.8 cm³/mol. The molecule has 1 aliphatic rings. The number of aromatic nitrogens is 1. The molecular weight excluding hydrogens is 278 g/mol. The van der Waals surface area contributed by atoms with Gasteiger partial charge in [-0.25, -0.2) is 0 Å². The molecule has 0 radical (unpaired) electrons. The number of pyridine rings is 1. The van der Waals surface area contributed by atoms with Crippen LogP contribution in [0.3, 0.4) is 0 Å². The summed E-state index contributed by atoms with van der Waals surface area (Å²) in [5.41, 5.74) is 2.44. The molecule has 0 bridgehead atoms. The van der Waals surface area contributed by atoms with Crippen molar-refractivity contribution >= 4 is 11.6 Å². The van der Waals surface area contributed by atoms with Crippen LogP contribution in [0.15, 0.2) is 48.8 Å². The van der Waals surface area contributed by atoms with E-state index in [1.165, 1.54) is 0 Å². The molecule has 1 aromatic heterocycles. The van der Waals surface area contributed by atoms with Gasteiger partial charge in [-0.3, -0.25) is 9.78 Å². The van der Waals surface area contributed by atoms with E-state index in [4.69, 9.17) is 4.74 Å². The number of likely N-dealkylation sites (N-methyl/N-ethyl adjacent to an activating group) is 1. The molecular formula is C17H19N3O2. The van der Waals surface area contributed by atoms with Gasteiger partial charge in [-0.05, 0) is 36.9 Å². The van der Waals surface area contributed by atoms with E-state index in [0.29, 0.717) is 5.56 Å². The zero-order chi connectivity index (χ0) is 15.4. The van der Waals surface area contributed by atoms with Crippen molar-refractivity contribution in [2.45, 2.75) is 6.10 Å². The Labute approximate surface area is 129 Å². The molecule has 5 heteroatoms. The highest BCUT2D eigenvalue weighted by atomic mass is 16.5. The standard InChI is InChI=1S/C17H19N3O2/c1-20-9-10-22-16(12-20)13-4-6-15(7-5-13)19-17(21)14-3-2-8-18-11-14/h2-8,11,16H,9-10,12H2,1H3,(H,19,21). The van der Waals surface area contributed by atoms with E-state index in [-0.39, 0.29) is 12.0 Å². The fourth-order valence-electron chi connectivity index (χ4n) is 2.46. The molecule has 5 nitrogen and oxygen atoms in total.